The number of rotatable bonds is 5. The van der Waals surface area contributed by atoms with Crippen LogP contribution in [0, 0.1) is 0 Å². The average Bonchev–Trinajstić information content (AvgIpc) is 3.12. The first-order chi connectivity index (χ1) is 17.2. The van der Waals surface area contributed by atoms with Crippen LogP contribution in [0.3, 0.4) is 0 Å². The molecule has 2 aromatic carbocycles. The highest BCUT2D eigenvalue weighted by atomic mass is 32.1. The van der Waals surface area contributed by atoms with Crippen LogP contribution in [-0.4, -0.2) is 52.3 Å². The Morgan fingerprint density at radius 2 is 2.06 bits per heavy atom. The highest BCUT2D eigenvalue weighted by Gasteiger charge is 2.65. The quantitative estimate of drug-likeness (QED) is 0.440. The Hall–Kier alpha value is -3.33. The molecule has 4 heterocycles. The van der Waals surface area contributed by atoms with Gasteiger partial charge in [-0.25, -0.2) is 4.98 Å². The van der Waals surface area contributed by atoms with E-state index in [1.807, 2.05) is 30.4 Å². The van der Waals surface area contributed by atoms with E-state index in [0.29, 0.717) is 0 Å². The van der Waals surface area contributed by atoms with E-state index in [0.717, 1.165) is 77.8 Å². The van der Waals surface area contributed by atoms with E-state index in [1.165, 1.54) is 5.56 Å². The number of aromatic amines is 1. The summed E-state index contributed by atoms with van der Waals surface area (Å²) in [6.45, 7) is 4.40. The van der Waals surface area contributed by atoms with Crippen molar-refractivity contribution < 1.29 is 9.53 Å². The molecule has 0 bridgehead atoms. The molecule has 4 aromatic rings. The summed E-state index contributed by atoms with van der Waals surface area (Å²) in [5, 5.41) is 15.1. The van der Waals surface area contributed by atoms with Crippen LogP contribution >= 0.6 is 11.3 Å². The first kappa shape index (κ1) is 21.0. The summed E-state index contributed by atoms with van der Waals surface area (Å²) in [6, 6.07) is 14.5. The van der Waals surface area contributed by atoms with Crippen molar-refractivity contribution in [3.8, 4) is 0 Å². The molecule has 3 aliphatic rings. The SMILES string of the molecule is O=C1Nc2ccccc2[C@]12C[C@H]2c1ccc2c(/C=C/c3csc(CN4CCOCC4)n3)n[nH]c2c1. The summed E-state index contributed by atoms with van der Waals surface area (Å²) >= 11 is 1.69. The maximum atomic E-state index is 12.8. The van der Waals surface area contributed by atoms with Gasteiger partial charge in [0, 0.05) is 35.5 Å². The van der Waals surface area contributed by atoms with Gasteiger partial charge in [-0.1, -0.05) is 30.3 Å². The summed E-state index contributed by atoms with van der Waals surface area (Å²) in [7, 11) is 0. The minimum absolute atomic E-state index is 0.119. The lowest BCUT2D eigenvalue weighted by Gasteiger charge is -2.25. The number of hydrogen-bond donors (Lipinski definition) is 2. The number of anilines is 1. The molecule has 1 aliphatic carbocycles. The number of ether oxygens (including phenoxy) is 1. The molecule has 1 amide bonds. The van der Waals surface area contributed by atoms with Crippen molar-refractivity contribution in [3.05, 3.63) is 75.4 Å². The van der Waals surface area contributed by atoms with Crippen LogP contribution in [0.1, 0.15) is 39.9 Å². The number of nitrogens with zero attached hydrogens (tertiary/aromatic N) is 3. The topological polar surface area (TPSA) is 83.1 Å². The number of amides is 1. The molecule has 35 heavy (non-hydrogen) atoms. The van der Waals surface area contributed by atoms with Crippen molar-refractivity contribution in [1.82, 2.24) is 20.1 Å². The molecule has 0 radical (unpaired) electrons. The number of carbonyl (C=O) groups is 1. The van der Waals surface area contributed by atoms with E-state index in [-0.39, 0.29) is 11.8 Å². The third kappa shape index (κ3) is 3.52. The first-order valence-electron chi connectivity index (χ1n) is 12.0. The fraction of sp³-hybridized carbons (Fsp3) is 0.296. The number of thiazole rings is 1. The molecular weight excluding hydrogens is 458 g/mol. The van der Waals surface area contributed by atoms with Crippen molar-refractivity contribution >= 4 is 46.0 Å². The van der Waals surface area contributed by atoms with E-state index >= 15 is 0 Å². The van der Waals surface area contributed by atoms with E-state index in [1.54, 1.807) is 11.3 Å². The van der Waals surface area contributed by atoms with Gasteiger partial charge in [0.1, 0.15) is 5.01 Å². The van der Waals surface area contributed by atoms with Gasteiger partial charge in [0.2, 0.25) is 5.91 Å². The monoisotopic (exact) mass is 483 g/mol. The van der Waals surface area contributed by atoms with E-state index in [9.17, 15) is 4.79 Å². The third-order valence-corrected chi connectivity index (χ3v) is 8.34. The van der Waals surface area contributed by atoms with Gasteiger partial charge < -0.3 is 10.1 Å². The maximum Gasteiger partial charge on any atom is 0.235 e. The number of H-pyrrole nitrogens is 1. The molecule has 8 heteroatoms. The summed E-state index contributed by atoms with van der Waals surface area (Å²) in [5.41, 5.74) is 5.67. The van der Waals surface area contributed by atoms with Gasteiger partial charge in [0.25, 0.3) is 0 Å². The van der Waals surface area contributed by atoms with Crippen molar-refractivity contribution in [3.63, 3.8) is 0 Å². The zero-order valence-corrected chi connectivity index (χ0v) is 20.0. The van der Waals surface area contributed by atoms with Gasteiger partial charge in [-0.05, 0) is 41.8 Å². The minimum atomic E-state index is -0.420. The van der Waals surface area contributed by atoms with Crippen LogP contribution in [-0.2, 0) is 21.5 Å². The second-order valence-corrected chi connectivity index (χ2v) is 10.5. The number of nitrogens with one attached hydrogen (secondary N) is 2. The highest BCUT2D eigenvalue weighted by Crippen LogP contribution is 2.64. The number of carbonyl (C=O) groups excluding carboxylic acids is 1. The highest BCUT2D eigenvalue weighted by molar-refractivity contribution is 7.09. The molecule has 2 fully saturated rings. The van der Waals surface area contributed by atoms with Gasteiger partial charge in [0.15, 0.2) is 0 Å². The van der Waals surface area contributed by atoms with Crippen LogP contribution < -0.4 is 5.32 Å². The second-order valence-electron chi connectivity index (χ2n) is 9.53. The van der Waals surface area contributed by atoms with Gasteiger partial charge >= 0.3 is 0 Å². The molecule has 1 spiro atoms. The standard InChI is InChI=1S/C27H25N5O2S/c33-26-27(20-3-1-2-4-23(20)29-26)14-21(27)17-5-7-19-22(30-31-24(19)13-17)8-6-18-16-35-25(28-18)15-32-9-11-34-12-10-32/h1-8,13,16,21H,9-12,14-15H2,(H,29,33)(H,30,31)/b8-6+/t21-,27-/m0/s1. The van der Waals surface area contributed by atoms with Gasteiger partial charge in [0.05, 0.1) is 42.1 Å². The number of para-hydroxylation sites is 1. The first-order valence-corrected chi connectivity index (χ1v) is 12.9. The fourth-order valence-corrected chi connectivity index (χ4v) is 6.35. The number of fused-ring (bicyclic) bond motifs is 3. The number of aromatic nitrogens is 3. The Labute approximate surface area is 206 Å². The third-order valence-electron chi connectivity index (χ3n) is 7.48. The smallest absolute Gasteiger partial charge is 0.235 e. The van der Waals surface area contributed by atoms with Gasteiger partial charge in [-0.3, -0.25) is 14.8 Å². The molecule has 1 saturated carbocycles. The Bertz CT molecular complexity index is 1470. The van der Waals surface area contributed by atoms with Crippen LogP contribution in [0.4, 0.5) is 5.69 Å². The lowest BCUT2D eigenvalue weighted by atomic mass is 9.92. The zero-order chi connectivity index (χ0) is 23.4. The summed E-state index contributed by atoms with van der Waals surface area (Å²) in [6.07, 6.45) is 4.89. The molecule has 2 atom stereocenters. The van der Waals surface area contributed by atoms with Crippen LogP contribution in [0.15, 0.2) is 47.8 Å². The number of hydrogen-bond acceptors (Lipinski definition) is 6. The maximum absolute atomic E-state index is 12.8. The molecule has 2 aliphatic heterocycles. The predicted octanol–water partition coefficient (Wildman–Crippen LogP) is 4.40. The Kier molecular flexibility index (Phi) is 4.87. The van der Waals surface area contributed by atoms with Crippen molar-refractivity contribution in [2.24, 2.45) is 0 Å². The molecule has 2 aromatic heterocycles. The Balaban J connectivity index is 1.09. The molecule has 0 unspecified atom stereocenters. The Morgan fingerprint density at radius 3 is 2.97 bits per heavy atom. The lowest BCUT2D eigenvalue weighted by molar-refractivity contribution is -0.118. The second kappa shape index (κ2) is 8.12. The summed E-state index contributed by atoms with van der Waals surface area (Å²) in [4.78, 5) is 20.0. The molecule has 2 N–H and O–H groups in total. The predicted molar refractivity (Wildman–Crippen MR) is 137 cm³/mol. The average molecular weight is 484 g/mol. The largest absolute Gasteiger partial charge is 0.379 e. The van der Waals surface area contributed by atoms with Crippen LogP contribution in [0.2, 0.25) is 0 Å². The van der Waals surface area contributed by atoms with E-state index < -0.39 is 5.41 Å². The van der Waals surface area contributed by atoms with Crippen LogP contribution in [0.5, 0.6) is 0 Å². The van der Waals surface area contributed by atoms with Gasteiger partial charge in [-0.2, -0.15) is 5.10 Å². The molecule has 7 rings (SSSR count). The molecular formula is C27H25N5O2S. The van der Waals surface area contributed by atoms with E-state index in [2.05, 4.69) is 50.1 Å². The lowest BCUT2D eigenvalue weighted by Crippen LogP contribution is -2.35. The van der Waals surface area contributed by atoms with Crippen molar-refractivity contribution in [2.75, 3.05) is 31.6 Å². The Morgan fingerprint density at radius 1 is 1.17 bits per heavy atom. The summed E-state index contributed by atoms with van der Waals surface area (Å²) in [5.74, 6) is 0.311. The summed E-state index contributed by atoms with van der Waals surface area (Å²) < 4.78 is 5.43. The zero-order valence-electron chi connectivity index (χ0n) is 19.2. The van der Waals surface area contributed by atoms with Crippen molar-refractivity contribution in [1.29, 1.82) is 0 Å². The molecule has 1 saturated heterocycles. The fourth-order valence-electron chi connectivity index (χ4n) is 5.54. The number of morpholine rings is 1. The number of benzene rings is 2. The normalized spacial score (nSPS) is 23.9. The van der Waals surface area contributed by atoms with E-state index in [4.69, 9.17) is 9.72 Å². The molecule has 7 nitrogen and oxygen atoms in total. The van der Waals surface area contributed by atoms with Crippen molar-refractivity contribution in [2.45, 2.75) is 24.3 Å². The van der Waals surface area contributed by atoms with Crippen LogP contribution in [0.25, 0.3) is 23.1 Å². The molecule has 176 valence electrons. The van der Waals surface area contributed by atoms with Gasteiger partial charge in [-0.15, -0.1) is 11.3 Å². The minimum Gasteiger partial charge on any atom is -0.379 e.